The molecule has 7 heteroatoms. The minimum Gasteiger partial charge on any atom is -0.546 e. The number of nitrogens with zero attached hydrogens (tertiary/aromatic N) is 1. The highest BCUT2D eigenvalue weighted by molar-refractivity contribution is 6.77. The summed E-state index contributed by atoms with van der Waals surface area (Å²) in [5.74, 6) is -0.458. The third-order valence-corrected chi connectivity index (χ3v) is 13.6. The van der Waals surface area contributed by atoms with Crippen LogP contribution in [0.4, 0.5) is 0 Å². The Kier molecular flexibility index (Phi) is 11.9. The Bertz CT molecular complexity index is 995. The number of esters is 1. The fraction of sp³-hybridized carbons (Fsp3) is 0.581. The lowest BCUT2D eigenvalue weighted by Gasteiger charge is -2.43. The third kappa shape index (κ3) is 7.84. The number of carbonyl (C=O) groups is 1. The predicted octanol–water partition coefficient (Wildman–Crippen LogP) is 7.11. The molecule has 0 bridgehead atoms. The molecule has 0 unspecified atom stereocenters. The Morgan fingerprint density at radius 2 is 1.63 bits per heavy atom. The maximum Gasteiger partial charge on any atom is 0.338 e. The normalized spacial score (nSPS) is 14.5. The fourth-order valence-electron chi connectivity index (χ4n) is 5.91. The average molecular weight is 544 g/mol. The van der Waals surface area contributed by atoms with Crippen molar-refractivity contribution < 1.29 is 23.8 Å². The summed E-state index contributed by atoms with van der Waals surface area (Å²) in [6, 6.07) is 13.9. The van der Waals surface area contributed by atoms with Crippen molar-refractivity contribution in [2.45, 2.75) is 96.1 Å². The molecular formula is C31H49NO5Si. The predicted molar refractivity (Wildman–Crippen MR) is 156 cm³/mol. The van der Waals surface area contributed by atoms with Gasteiger partial charge in [0, 0.05) is 31.3 Å². The summed E-state index contributed by atoms with van der Waals surface area (Å²) >= 11 is 0. The van der Waals surface area contributed by atoms with E-state index >= 15 is 0 Å². The Labute approximate surface area is 231 Å². The molecule has 0 saturated heterocycles. The van der Waals surface area contributed by atoms with Crippen LogP contribution < -0.4 is 0 Å². The lowest BCUT2D eigenvalue weighted by Crippen LogP contribution is -2.49. The van der Waals surface area contributed by atoms with Crippen LogP contribution in [0, 0.1) is 0 Å². The standard InChI is InChI=1S/C31H49NO5Si/c1-10-36-30(33)31(34,19-26(8)37-38(23(2)3,24(4)5)25(6)7)20-28(29-17-14-18-32(29)9)22-35-21-27-15-12-11-13-16-27/h11-18,23-25,28,34H,8,10,19-22H2,1-7,9H3/t28-,31-/m1/s1. The van der Waals surface area contributed by atoms with E-state index in [1.54, 1.807) is 6.92 Å². The molecule has 0 spiro atoms. The van der Waals surface area contributed by atoms with Crippen LogP contribution in [0.25, 0.3) is 0 Å². The Hall–Kier alpha value is -2.35. The van der Waals surface area contributed by atoms with Gasteiger partial charge in [-0.15, -0.1) is 0 Å². The number of aryl methyl sites for hydroxylation is 1. The van der Waals surface area contributed by atoms with Crippen LogP contribution in [-0.4, -0.2) is 42.8 Å². The number of carbonyl (C=O) groups excluding carboxylic acids is 1. The van der Waals surface area contributed by atoms with E-state index in [0.717, 1.165) is 11.3 Å². The molecule has 0 fully saturated rings. The minimum atomic E-state index is -2.30. The Balaban J connectivity index is 2.33. The van der Waals surface area contributed by atoms with Gasteiger partial charge in [0.15, 0.2) is 5.60 Å². The second-order valence-electron chi connectivity index (χ2n) is 11.3. The molecule has 0 radical (unpaired) electrons. The van der Waals surface area contributed by atoms with Crippen molar-refractivity contribution in [1.29, 1.82) is 0 Å². The van der Waals surface area contributed by atoms with Crippen LogP contribution in [0.15, 0.2) is 61.0 Å². The number of hydrogen-bond acceptors (Lipinski definition) is 5. The third-order valence-electron chi connectivity index (χ3n) is 7.59. The van der Waals surface area contributed by atoms with Crippen molar-refractivity contribution in [3.8, 4) is 0 Å². The number of benzene rings is 1. The van der Waals surface area contributed by atoms with Crippen LogP contribution >= 0.6 is 0 Å². The zero-order valence-electron chi connectivity index (χ0n) is 24.7. The quantitative estimate of drug-likeness (QED) is 0.139. The highest BCUT2D eigenvalue weighted by Gasteiger charge is 2.49. The van der Waals surface area contributed by atoms with Gasteiger partial charge in [-0.1, -0.05) is 78.5 Å². The van der Waals surface area contributed by atoms with Crippen molar-refractivity contribution in [3.63, 3.8) is 0 Å². The highest BCUT2D eigenvalue weighted by atomic mass is 28.4. The monoisotopic (exact) mass is 543 g/mol. The van der Waals surface area contributed by atoms with E-state index in [2.05, 4.69) is 48.1 Å². The van der Waals surface area contributed by atoms with Gasteiger partial charge >= 0.3 is 5.97 Å². The molecule has 1 N–H and O–H groups in total. The molecule has 1 aromatic heterocycles. The molecule has 0 aliphatic rings. The molecule has 2 aromatic rings. The van der Waals surface area contributed by atoms with Crippen molar-refractivity contribution in [2.75, 3.05) is 13.2 Å². The molecule has 6 nitrogen and oxygen atoms in total. The van der Waals surface area contributed by atoms with E-state index < -0.39 is 19.9 Å². The summed E-state index contributed by atoms with van der Waals surface area (Å²) in [4.78, 5) is 13.2. The first-order chi connectivity index (χ1) is 17.9. The first-order valence-corrected chi connectivity index (χ1v) is 16.0. The highest BCUT2D eigenvalue weighted by Crippen LogP contribution is 2.44. The van der Waals surface area contributed by atoms with Crippen molar-refractivity contribution >= 4 is 14.3 Å². The first kappa shape index (κ1) is 31.9. The van der Waals surface area contributed by atoms with E-state index in [-0.39, 0.29) is 25.4 Å². The van der Waals surface area contributed by atoms with Gasteiger partial charge in [-0.3, -0.25) is 0 Å². The molecule has 212 valence electrons. The van der Waals surface area contributed by atoms with Gasteiger partial charge in [0.05, 0.1) is 25.6 Å². The number of aliphatic hydroxyl groups is 1. The molecule has 2 rings (SSSR count). The van der Waals surface area contributed by atoms with E-state index in [1.807, 2.05) is 60.3 Å². The largest absolute Gasteiger partial charge is 0.546 e. The van der Waals surface area contributed by atoms with Gasteiger partial charge in [-0.25, -0.2) is 4.79 Å². The minimum absolute atomic E-state index is 0.0215. The van der Waals surface area contributed by atoms with E-state index in [0.29, 0.717) is 35.6 Å². The van der Waals surface area contributed by atoms with Crippen LogP contribution in [0.1, 0.15) is 78.5 Å². The smallest absolute Gasteiger partial charge is 0.338 e. The number of hydrogen-bond donors (Lipinski definition) is 1. The Morgan fingerprint density at radius 3 is 2.13 bits per heavy atom. The van der Waals surface area contributed by atoms with Gasteiger partial charge in [0.25, 0.3) is 8.32 Å². The van der Waals surface area contributed by atoms with Crippen molar-refractivity contribution in [1.82, 2.24) is 4.57 Å². The van der Waals surface area contributed by atoms with Gasteiger partial charge in [0.1, 0.15) is 0 Å². The summed E-state index contributed by atoms with van der Waals surface area (Å²) < 4.78 is 20.2. The van der Waals surface area contributed by atoms with Crippen molar-refractivity contribution in [2.24, 2.45) is 7.05 Å². The zero-order chi connectivity index (χ0) is 28.5. The second kappa shape index (κ2) is 14.2. The van der Waals surface area contributed by atoms with Crippen LogP contribution in [0.3, 0.4) is 0 Å². The molecule has 2 atom stereocenters. The fourth-order valence-corrected chi connectivity index (χ4v) is 11.2. The average Bonchev–Trinajstić information content (AvgIpc) is 3.27. The van der Waals surface area contributed by atoms with E-state index in [4.69, 9.17) is 13.9 Å². The van der Waals surface area contributed by atoms with Crippen LogP contribution in [0.2, 0.25) is 16.6 Å². The summed E-state index contributed by atoms with van der Waals surface area (Å²) in [6.45, 7) is 20.1. The molecule has 1 heterocycles. The lowest BCUT2D eigenvalue weighted by atomic mass is 9.85. The van der Waals surface area contributed by atoms with E-state index in [9.17, 15) is 9.90 Å². The molecule has 1 aromatic carbocycles. The first-order valence-electron chi connectivity index (χ1n) is 13.9. The molecule has 0 aliphatic heterocycles. The Morgan fingerprint density at radius 1 is 1.03 bits per heavy atom. The topological polar surface area (TPSA) is 69.9 Å². The van der Waals surface area contributed by atoms with Gasteiger partial charge in [-0.2, -0.15) is 0 Å². The lowest BCUT2D eigenvalue weighted by molar-refractivity contribution is -0.167. The molecule has 0 aliphatic carbocycles. The van der Waals surface area contributed by atoms with Crippen molar-refractivity contribution in [3.05, 3.63) is 72.3 Å². The summed E-state index contributed by atoms with van der Waals surface area (Å²) in [5, 5.41) is 11.9. The zero-order valence-corrected chi connectivity index (χ0v) is 25.7. The van der Waals surface area contributed by atoms with Crippen LogP contribution in [-0.2, 0) is 32.3 Å². The summed E-state index contributed by atoms with van der Waals surface area (Å²) in [5.41, 5.74) is 1.27. The van der Waals surface area contributed by atoms with Gasteiger partial charge in [-0.05, 0) is 47.7 Å². The number of aromatic nitrogens is 1. The molecular weight excluding hydrogens is 494 g/mol. The SMILES string of the molecule is C=C(C[C@@](O)(C[C@H](COCc1ccccc1)c1cccn1C)C(=O)OCC)O[Si](C(C)C)(C(C)C)C(C)C. The molecule has 38 heavy (non-hydrogen) atoms. The van der Waals surface area contributed by atoms with Gasteiger partial charge < -0.3 is 23.6 Å². The summed E-state index contributed by atoms with van der Waals surface area (Å²) in [6.07, 6.45) is 2.06. The molecule has 0 amide bonds. The second-order valence-corrected chi connectivity index (χ2v) is 16.7. The van der Waals surface area contributed by atoms with Gasteiger partial charge in [0.2, 0.25) is 0 Å². The number of rotatable bonds is 16. The maximum atomic E-state index is 13.2. The van der Waals surface area contributed by atoms with E-state index in [1.165, 1.54) is 0 Å². The molecule has 0 saturated carbocycles. The maximum absolute atomic E-state index is 13.2. The summed E-state index contributed by atoms with van der Waals surface area (Å²) in [7, 11) is -0.339. The number of ether oxygens (including phenoxy) is 2. The van der Waals surface area contributed by atoms with Crippen LogP contribution in [0.5, 0.6) is 0 Å².